The minimum absolute atomic E-state index is 0.123. The molecule has 1 N–H and O–H groups in total. The van der Waals surface area contributed by atoms with Crippen molar-refractivity contribution in [3.63, 3.8) is 0 Å². The van der Waals surface area contributed by atoms with Gasteiger partial charge in [-0.25, -0.2) is 9.48 Å². The lowest BCUT2D eigenvalue weighted by Gasteiger charge is -2.29. The van der Waals surface area contributed by atoms with Crippen molar-refractivity contribution in [2.24, 2.45) is 5.92 Å². The standard InChI is InChI=1S/C17H27N3O2/c1-4-5-6-13-7-9-14(10-8-13)16-15(17(21)22)18-19-20(16)11-12(2)3/h13-14H,2,4-11H2,1,3H3,(H,21,22). The minimum Gasteiger partial charge on any atom is -0.476 e. The zero-order valence-electron chi connectivity index (χ0n) is 13.7. The van der Waals surface area contributed by atoms with Gasteiger partial charge in [0.25, 0.3) is 0 Å². The lowest BCUT2D eigenvalue weighted by Crippen LogP contribution is -2.19. The highest BCUT2D eigenvalue weighted by molar-refractivity contribution is 5.86. The maximum Gasteiger partial charge on any atom is 0.358 e. The molecule has 0 amide bonds. The first kappa shape index (κ1) is 16.7. The van der Waals surface area contributed by atoms with Crippen molar-refractivity contribution in [2.75, 3.05) is 0 Å². The third kappa shape index (κ3) is 3.96. The number of carboxylic acid groups (broad SMARTS) is 1. The van der Waals surface area contributed by atoms with Gasteiger partial charge in [-0.05, 0) is 38.5 Å². The van der Waals surface area contributed by atoms with Crippen LogP contribution in [0.5, 0.6) is 0 Å². The third-order valence-electron chi connectivity index (χ3n) is 4.60. The molecule has 1 aromatic heterocycles. The first-order valence-corrected chi connectivity index (χ1v) is 8.34. The Bertz CT molecular complexity index is 528. The molecule has 0 radical (unpaired) electrons. The molecule has 0 unspecified atom stereocenters. The summed E-state index contributed by atoms with van der Waals surface area (Å²) in [6.45, 7) is 8.60. The molecule has 1 aliphatic rings. The van der Waals surface area contributed by atoms with Crippen LogP contribution < -0.4 is 0 Å². The molecule has 0 bridgehead atoms. The number of unbranched alkanes of at least 4 members (excludes halogenated alkanes) is 1. The molecule has 0 aromatic carbocycles. The van der Waals surface area contributed by atoms with E-state index in [0.717, 1.165) is 30.0 Å². The van der Waals surface area contributed by atoms with E-state index < -0.39 is 5.97 Å². The van der Waals surface area contributed by atoms with Crippen LogP contribution in [0.15, 0.2) is 12.2 Å². The topological polar surface area (TPSA) is 68.0 Å². The molecule has 1 aliphatic carbocycles. The number of aromatic carboxylic acids is 1. The maximum atomic E-state index is 11.4. The highest BCUT2D eigenvalue weighted by Gasteiger charge is 2.30. The van der Waals surface area contributed by atoms with Crippen LogP contribution in [-0.4, -0.2) is 26.1 Å². The highest BCUT2D eigenvalue weighted by atomic mass is 16.4. The predicted molar refractivity (Wildman–Crippen MR) is 86.0 cm³/mol. The van der Waals surface area contributed by atoms with Gasteiger partial charge in [0.15, 0.2) is 5.69 Å². The van der Waals surface area contributed by atoms with Crippen LogP contribution in [0.4, 0.5) is 0 Å². The number of hydrogen-bond acceptors (Lipinski definition) is 3. The fourth-order valence-electron chi connectivity index (χ4n) is 3.47. The summed E-state index contributed by atoms with van der Waals surface area (Å²) in [6.07, 6.45) is 8.29. The van der Waals surface area contributed by atoms with Gasteiger partial charge >= 0.3 is 5.97 Å². The molecule has 1 saturated carbocycles. The first-order chi connectivity index (χ1) is 10.5. The van der Waals surface area contributed by atoms with E-state index in [1.54, 1.807) is 4.68 Å². The zero-order chi connectivity index (χ0) is 16.1. The summed E-state index contributed by atoms with van der Waals surface area (Å²) in [4.78, 5) is 11.4. The second-order valence-electron chi connectivity index (χ2n) is 6.60. The van der Waals surface area contributed by atoms with Crippen molar-refractivity contribution in [1.82, 2.24) is 15.0 Å². The molecule has 5 heteroatoms. The Morgan fingerprint density at radius 1 is 1.36 bits per heavy atom. The van der Waals surface area contributed by atoms with Gasteiger partial charge in [0, 0.05) is 5.92 Å². The molecule has 0 spiro atoms. The van der Waals surface area contributed by atoms with E-state index >= 15 is 0 Å². The van der Waals surface area contributed by atoms with E-state index in [1.165, 1.54) is 32.1 Å². The lowest BCUT2D eigenvalue weighted by atomic mass is 9.78. The number of hydrogen-bond donors (Lipinski definition) is 1. The van der Waals surface area contributed by atoms with Gasteiger partial charge in [0.1, 0.15) is 0 Å². The van der Waals surface area contributed by atoms with Crippen LogP contribution in [0, 0.1) is 5.92 Å². The van der Waals surface area contributed by atoms with Crippen molar-refractivity contribution in [1.29, 1.82) is 0 Å². The fraction of sp³-hybridized carbons (Fsp3) is 0.706. The van der Waals surface area contributed by atoms with Gasteiger partial charge in [0.2, 0.25) is 0 Å². The van der Waals surface area contributed by atoms with E-state index in [1.807, 2.05) is 6.92 Å². The first-order valence-electron chi connectivity index (χ1n) is 8.34. The van der Waals surface area contributed by atoms with Gasteiger partial charge in [-0.3, -0.25) is 0 Å². The van der Waals surface area contributed by atoms with E-state index in [0.29, 0.717) is 6.54 Å². The normalized spacial score (nSPS) is 21.7. The Labute approximate surface area is 132 Å². The monoisotopic (exact) mass is 305 g/mol. The number of carboxylic acids is 1. The highest BCUT2D eigenvalue weighted by Crippen LogP contribution is 2.38. The number of aromatic nitrogens is 3. The van der Waals surface area contributed by atoms with Crippen molar-refractivity contribution >= 4 is 5.97 Å². The van der Waals surface area contributed by atoms with Crippen molar-refractivity contribution in [3.05, 3.63) is 23.5 Å². The molecule has 0 saturated heterocycles. The average Bonchev–Trinajstić information content (AvgIpc) is 2.88. The predicted octanol–water partition coefficient (Wildman–Crippen LogP) is 4.02. The van der Waals surface area contributed by atoms with Crippen LogP contribution in [0.2, 0.25) is 0 Å². The quantitative estimate of drug-likeness (QED) is 0.773. The molecular formula is C17H27N3O2. The van der Waals surface area contributed by atoms with Gasteiger partial charge in [-0.2, -0.15) is 0 Å². The Balaban J connectivity index is 2.12. The summed E-state index contributed by atoms with van der Waals surface area (Å²) in [5.74, 6) is 0.0874. The van der Waals surface area contributed by atoms with Crippen LogP contribution in [0.1, 0.15) is 80.9 Å². The minimum atomic E-state index is -0.976. The SMILES string of the molecule is C=C(C)Cn1nnc(C(=O)O)c1C1CCC(CCCC)CC1. The summed E-state index contributed by atoms with van der Waals surface area (Å²) in [5.41, 5.74) is 1.88. The smallest absolute Gasteiger partial charge is 0.358 e. The number of nitrogens with zero attached hydrogens (tertiary/aromatic N) is 3. The van der Waals surface area contributed by atoms with Crippen molar-refractivity contribution in [3.8, 4) is 0 Å². The zero-order valence-corrected chi connectivity index (χ0v) is 13.7. The summed E-state index contributed by atoms with van der Waals surface area (Å²) in [6, 6.07) is 0. The summed E-state index contributed by atoms with van der Waals surface area (Å²) < 4.78 is 1.74. The molecular weight excluding hydrogens is 278 g/mol. The lowest BCUT2D eigenvalue weighted by molar-refractivity contribution is 0.0688. The van der Waals surface area contributed by atoms with Crippen LogP contribution in [0.3, 0.4) is 0 Å². The molecule has 5 nitrogen and oxygen atoms in total. The van der Waals surface area contributed by atoms with Crippen molar-refractivity contribution < 1.29 is 9.90 Å². The molecule has 1 aromatic rings. The number of carbonyl (C=O) groups is 1. The summed E-state index contributed by atoms with van der Waals surface area (Å²) >= 11 is 0. The van der Waals surface area contributed by atoms with E-state index in [4.69, 9.17) is 0 Å². The van der Waals surface area contributed by atoms with Crippen LogP contribution in [-0.2, 0) is 6.54 Å². The van der Waals surface area contributed by atoms with E-state index in [-0.39, 0.29) is 11.6 Å². The molecule has 2 rings (SSSR count). The third-order valence-corrected chi connectivity index (χ3v) is 4.60. The van der Waals surface area contributed by atoms with Gasteiger partial charge in [-0.1, -0.05) is 43.6 Å². The maximum absolute atomic E-state index is 11.4. The molecule has 1 fully saturated rings. The second kappa shape index (κ2) is 7.56. The Morgan fingerprint density at radius 3 is 2.59 bits per heavy atom. The molecule has 0 atom stereocenters. The van der Waals surface area contributed by atoms with Gasteiger partial charge < -0.3 is 5.11 Å². The largest absolute Gasteiger partial charge is 0.476 e. The molecule has 122 valence electrons. The van der Waals surface area contributed by atoms with Crippen molar-refractivity contribution in [2.45, 2.75) is 71.3 Å². The molecule has 1 heterocycles. The summed E-state index contributed by atoms with van der Waals surface area (Å²) in [5, 5.41) is 17.3. The average molecular weight is 305 g/mol. The van der Waals surface area contributed by atoms with E-state index in [2.05, 4.69) is 23.8 Å². The molecule has 22 heavy (non-hydrogen) atoms. The summed E-state index contributed by atoms with van der Waals surface area (Å²) in [7, 11) is 0. The molecule has 0 aliphatic heterocycles. The Morgan fingerprint density at radius 2 is 2.05 bits per heavy atom. The fourth-order valence-corrected chi connectivity index (χ4v) is 3.47. The second-order valence-corrected chi connectivity index (χ2v) is 6.60. The van der Waals surface area contributed by atoms with Crippen LogP contribution >= 0.6 is 0 Å². The number of rotatable bonds is 7. The van der Waals surface area contributed by atoms with Crippen LogP contribution in [0.25, 0.3) is 0 Å². The number of allylic oxidation sites excluding steroid dienone is 1. The van der Waals surface area contributed by atoms with E-state index in [9.17, 15) is 9.90 Å². The van der Waals surface area contributed by atoms with Gasteiger partial charge in [0.05, 0.1) is 12.2 Å². The Kier molecular flexibility index (Phi) is 5.75. The van der Waals surface area contributed by atoms with Gasteiger partial charge in [-0.15, -0.1) is 5.10 Å². The Hall–Kier alpha value is -1.65.